The van der Waals surface area contributed by atoms with Crippen molar-refractivity contribution in [1.29, 1.82) is 0 Å². The zero-order valence-corrected chi connectivity index (χ0v) is 35.1. The van der Waals surface area contributed by atoms with Gasteiger partial charge in [0, 0.05) is 12.4 Å². The summed E-state index contributed by atoms with van der Waals surface area (Å²) in [5.74, 6) is 0. The summed E-state index contributed by atoms with van der Waals surface area (Å²) in [5.41, 5.74) is 9.63. The molecule has 0 saturated carbocycles. The number of unbranched alkanes of at least 4 members (excludes halogenated alkanes) is 6. The van der Waals surface area contributed by atoms with E-state index < -0.39 is 9.52 Å². The minimum atomic E-state index is -0.817. The van der Waals surface area contributed by atoms with Crippen LogP contribution in [0.1, 0.15) is 87.5 Å². The summed E-state index contributed by atoms with van der Waals surface area (Å²) in [7, 11) is -0.817. The van der Waals surface area contributed by atoms with Crippen molar-refractivity contribution in [2.24, 2.45) is 0 Å². The highest BCUT2D eigenvalue weighted by Gasteiger charge is 2.36. The summed E-state index contributed by atoms with van der Waals surface area (Å²) in [6.07, 6.45) is 18.9. The minimum Gasteiger partial charge on any atom is -0.326 e. The molecule has 0 aliphatic carbocycles. The third kappa shape index (κ3) is 11.0. The molecule has 0 bridgehead atoms. The number of imidazole rings is 1. The van der Waals surface area contributed by atoms with Crippen LogP contribution in [0.15, 0.2) is 189 Å². The fraction of sp³-hybridized carbons (Fsp3) is 0.250. The number of nitrogens with zero attached hydrogens (tertiary/aromatic N) is 2. The quantitative estimate of drug-likeness (QED) is 0.0632. The fourth-order valence-corrected chi connectivity index (χ4v) is 10.4. The van der Waals surface area contributed by atoms with E-state index in [1.54, 1.807) is 0 Å². The first kappa shape index (κ1) is 40.5. The summed E-state index contributed by atoms with van der Waals surface area (Å²) in [4.78, 5) is 4.52. The Bertz CT molecular complexity index is 1920. The van der Waals surface area contributed by atoms with Gasteiger partial charge in [0.25, 0.3) is 0 Å². The molecule has 0 aliphatic rings. The summed E-state index contributed by atoms with van der Waals surface area (Å²) in [5, 5.41) is 1.24. The lowest BCUT2D eigenvalue weighted by molar-refractivity contribution is 0.595. The van der Waals surface area contributed by atoms with Crippen molar-refractivity contribution in [3.05, 3.63) is 211 Å². The van der Waals surface area contributed by atoms with Gasteiger partial charge in [0.05, 0.1) is 21.0 Å². The van der Waals surface area contributed by atoms with Crippen LogP contribution in [0.4, 0.5) is 0 Å². The van der Waals surface area contributed by atoms with Gasteiger partial charge < -0.3 is 4.57 Å². The molecule has 1 heterocycles. The van der Waals surface area contributed by atoms with Crippen LogP contribution in [0, 0.1) is 0 Å². The largest absolute Gasteiger partial charge is 0.326 e. The van der Waals surface area contributed by atoms with Crippen LogP contribution in [0.3, 0.4) is 0 Å². The second-order valence-corrected chi connectivity index (χ2v) is 17.4. The monoisotopic (exact) mass is 750 g/mol. The van der Waals surface area contributed by atoms with Gasteiger partial charge in [0.2, 0.25) is 6.71 Å². The molecule has 6 aromatic carbocycles. The van der Waals surface area contributed by atoms with Crippen molar-refractivity contribution in [3.8, 4) is 0 Å². The lowest BCUT2D eigenvalue weighted by Gasteiger charge is -2.37. The van der Waals surface area contributed by atoms with Crippen molar-refractivity contribution in [3.63, 3.8) is 0 Å². The van der Waals surface area contributed by atoms with Gasteiger partial charge in [-0.1, -0.05) is 244 Å². The number of hydrogen-bond acceptors (Lipinski definition) is 1. The lowest BCUT2D eigenvalue weighted by atomic mass is 9.37. The van der Waals surface area contributed by atoms with Gasteiger partial charge in [-0.25, -0.2) is 4.98 Å². The van der Waals surface area contributed by atoms with Crippen molar-refractivity contribution >= 4 is 37.8 Å². The molecule has 0 fully saturated rings. The molecular formula is C52H59BN2Si. The summed E-state index contributed by atoms with van der Waals surface area (Å²) in [6, 6.07) is 62.2. The minimum absolute atomic E-state index is 0.223. The van der Waals surface area contributed by atoms with Gasteiger partial charge in [0.15, 0.2) is 0 Å². The van der Waals surface area contributed by atoms with E-state index in [0.717, 1.165) is 0 Å². The van der Waals surface area contributed by atoms with Crippen LogP contribution in [-0.4, -0.2) is 25.8 Å². The van der Waals surface area contributed by atoms with E-state index in [9.17, 15) is 0 Å². The zero-order chi connectivity index (χ0) is 38.7. The molecule has 2 nitrogen and oxygen atoms in total. The highest BCUT2D eigenvalue weighted by atomic mass is 28.2. The Morgan fingerprint density at radius 1 is 0.482 bits per heavy atom. The number of hydrogen-bond donors (Lipinski definition) is 0. The fourth-order valence-electron chi connectivity index (χ4n) is 8.06. The first-order chi connectivity index (χ1) is 27.7. The number of rotatable bonds is 18. The van der Waals surface area contributed by atoms with Gasteiger partial charge in [0.1, 0.15) is 0 Å². The molecule has 7 aromatic rings. The van der Waals surface area contributed by atoms with Crippen LogP contribution in [0.25, 0.3) is 0 Å². The number of benzene rings is 6. The predicted molar refractivity (Wildman–Crippen MR) is 246 cm³/mol. The highest BCUT2D eigenvalue weighted by molar-refractivity contribution is 6.95. The molecule has 0 spiro atoms. The van der Waals surface area contributed by atoms with Crippen LogP contribution >= 0.6 is 0 Å². The molecule has 0 unspecified atom stereocenters. The molecule has 4 heteroatoms. The third-order valence-corrected chi connectivity index (χ3v) is 13.7. The van der Waals surface area contributed by atoms with Crippen LogP contribution in [0.5, 0.6) is 0 Å². The average molecular weight is 751 g/mol. The normalized spacial score (nSPS) is 11.3. The Kier molecular flexibility index (Phi) is 15.7. The third-order valence-electron chi connectivity index (χ3n) is 11.1. The SMILES string of the molecule is CCCCCCc1ccc(C([SiH2]c2ccccc2)(c2ccc(CCCCCC)cc2)n2ccnc2)cc1.c1ccc(B(c2ccccc2)c2ccccc2)cc1. The van der Waals surface area contributed by atoms with E-state index in [0.29, 0.717) is 6.71 Å². The maximum Gasteiger partial charge on any atom is 0.241 e. The van der Waals surface area contributed by atoms with E-state index in [1.165, 1.54) is 108 Å². The second-order valence-electron chi connectivity index (χ2n) is 15.2. The molecule has 1 aromatic heterocycles. The smallest absolute Gasteiger partial charge is 0.241 e. The average Bonchev–Trinajstić information content (AvgIpc) is 3.82. The van der Waals surface area contributed by atoms with Crippen molar-refractivity contribution in [2.45, 2.75) is 83.2 Å². The Hall–Kier alpha value is -5.19. The number of aromatic nitrogens is 2. The first-order valence-electron chi connectivity index (χ1n) is 21.1. The van der Waals surface area contributed by atoms with Gasteiger partial charge in [-0.05, 0) is 47.9 Å². The van der Waals surface area contributed by atoms with Crippen LogP contribution in [-0.2, 0) is 18.0 Å². The molecule has 0 radical (unpaired) electrons. The predicted octanol–water partition coefficient (Wildman–Crippen LogP) is 9.58. The molecule has 0 N–H and O–H groups in total. The van der Waals surface area contributed by atoms with Gasteiger partial charge in [-0.15, -0.1) is 0 Å². The standard InChI is InChI=1S/C34H44N2Si.C18H15B/c1-3-5-7-10-14-29-18-22-31(23-19-29)34(36-27-26-35-28-36,37-33-16-12-9-13-17-33)32-24-20-30(21-25-32)15-11-8-6-4-2;1-4-10-16(11-5-1)19(17-12-6-2-7-13-17)18-14-8-3-9-15-18/h9,12-13,16-28H,3-8,10-11,14-15,37H2,1-2H3;1-15H. The summed E-state index contributed by atoms with van der Waals surface area (Å²) in [6.45, 7) is 4.86. The molecule has 0 amide bonds. The lowest BCUT2D eigenvalue weighted by Crippen LogP contribution is -2.51. The van der Waals surface area contributed by atoms with E-state index in [2.05, 4.69) is 199 Å². The Morgan fingerprint density at radius 3 is 1.27 bits per heavy atom. The Morgan fingerprint density at radius 2 is 0.893 bits per heavy atom. The molecule has 0 saturated heterocycles. The van der Waals surface area contributed by atoms with E-state index >= 15 is 0 Å². The van der Waals surface area contributed by atoms with Gasteiger partial charge in [-0.3, -0.25) is 0 Å². The molecular weight excluding hydrogens is 691 g/mol. The van der Waals surface area contributed by atoms with Gasteiger partial charge in [-0.2, -0.15) is 0 Å². The van der Waals surface area contributed by atoms with Crippen LogP contribution < -0.4 is 21.6 Å². The van der Waals surface area contributed by atoms with Crippen molar-refractivity contribution in [1.82, 2.24) is 9.55 Å². The van der Waals surface area contributed by atoms with E-state index in [4.69, 9.17) is 0 Å². The zero-order valence-electron chi connectivity index (χ0n) is 33.6. The summed E-state index contributed by atoms with van der Waals surface area (Å²) >= 11 is 0. The second kappa shape index (κ2) is 21.8. The van der Waals surface area contributed by atoms with E-state index in [-0.39, 0.29) is 5.16 Å². The molecule has 284 valence electrons. The summed E-state index contributed by atoms with van der Waals surface area (Å²) < 4.78 is 2.37. The first-order valence-corrected chi connectivity index (χ1v) is 22.5. The molecule has 7 rings (SSSR count). The molecule has 0 aliphatic heterocycles. The highest BCUT2D eigenvalue weighted by Crippen LogP contribution is 2.34. The molecule has 0 atom stereocenters. The van der Waals surface area contributed by atoms with Crippen LogP contribution in [0.2, 0.25) is 0 Å². The Balaban J connectivity index is 0.000000233. The maximum absolute atomic E-state index is 4.52. The van der Waals surface area contributed by atoms with E-state index in [1.807, 2.05) is 12.5 Å². The van der Waals surface area contributed by atoms with Gasteiger partial charge >= 0.3 is 0 Å². The topological polar surface area (TPSA) is 17.8 Å². The number of aryl methyl sites for hydroxylation is 2. The molecule has 56 heavy (non-hydrogen) atoms. The maximum atomic E-state index is 4.52. The Labute approximate surface area is 340 Å². The van der Waals surface area contributed by atoms with Crippen molar-refractivity contribution in [2.75, 3.05) is 0 Å². The van der Waals surface area contributed by atoms with Crippen molar-refractivity contribution < 1.29 is 0 Å².